The third-order valence-corrected chi connectivity index (χ3v) is 4.89. The zero-order valence-electron chi connectivity index (χ0n) is 10.5. The molecule has 0 spiro atoms. The van der Waals surface area contributed by atoms with Gasteiger partial charge in [0.05, 0.1) is 0 Å². The van der Waals surface area contributed by atoms with Gasteiger partial charge < -0.3 is 4.42 Å². The average molecular weight is 303 g/mol. The van der Waals surface area contributed by atoms with Crippen molar-refractivity contribution in [2.24, 2.45) is 5.92 Å². The lowest BCUT2D eigenvalue weighted by atomic mass is 10.0. The van der Waals surface area contributed by atoms with Crippen molar-refractivity contribution in [3.8, 4) is 0 Å². The summed E-state index contributed by atoms with van der Waals surface area (Å²) in [5.41, 5.74) is 3.23. The van der Waals surface area contributed by atoms with Gasteiger partial charge in [0.25, 0.3) is 0 Å². The third kappa shape index (κ3) is 1.85. The molecular weight excluding hydrogens is 288 g/mol. The van der Waals surface area contributed by atoms with Gasteiger partial charge in [0.1, 0.15) is 11.2 Å². The molecule has 0 amide bonds. The second-order valence-corrected chi connectivity index (χ2v) is 5.99. The lowest BCUT2D eigenvalue weighted by Gasteiger charge is -2.13. The Bertz CT molecular complexity index is 696. The van der Waals surface area contributed by atoms with Gasteiger partial charge in [-0.25, -0.2) is 0 Å². The minimum Gasteiger partial charge on any atom is -0.456 e. The summed E-state index contributed by atoms with van der Waals surface area (Å²) in [7, 11) is 0. The van der Waals surface area contributed by atoms with E-state index in [1.54, 1.807) is 0 Å². The van der Waals surface area contributed by atoms with Crippen molar-refractivity contribution in [2.75, 3.05) is 0 Å². The first kappa shape index (κ1) is 11.8. The molecule has 1 heterocycles. The highest BCUT2D eigenvalue weighted by atomic mass is 79.9. The van der Waals surface area contributed by atoms with E-state index in [9.17, 15) is 0 Å². The van der Waals surface area contributed by atoms with Crippen LogP contribution < -0.4 is 0 Å². The van der Waals surface area contributed by atoms with Gasteiger partial charge in [0.2, 0.25) is 0 Å². The van der Waals surface area contributed by atoms with Gasteiger partial charge in [-0.15, -0.1) is 0 Å². The third-order valence-electron chi connectivity index (χ3n) is 3.30. The molecular formula is C16H15BrO. The van der Waals surface area contributed by atoms with Gasteiger partial charge in [0.15, 0.2) is 0 Å². The fourth-order valence-electron chi connectivity index (χ4n) is 2.30. The Hall–Kier alpha value is -1.28. The standard InChI is InChI=1S/C16H15BrO/c1-10(2)16(17)11-7-8-15-13(9-11)12-5-3-4-6-14(12)18-15/h3-10,16H,1-2H3. The topological polar surface area (TPSA) is 13.1 Å². The zero-order valence-corrected chi connectivity index (χ0v) is 12.1. The van der Waals surface area contributed by atoms with Crippen LogP contribution in [0.5, 0.6) is 0 Å². The van der Waals surface area contributed by atoms with E-state index >= 15 is 0 Å². The quantitative estimate of drug-likeness (QED) is 0.555. The molecule has 92 valence electrons. The van der Waals surface area contributed by atoms with E-state index in [-0.39, 0.29) is 0 Å². The van der Waals surface area contributed by atoms with E-state index in [2.05, 4.69) is 60.1 Å². The van der Waals surface area contributed by atoms with Crippen molar-refractivity contribution in [1.29, 1.82) is 0 Å². The normalized spacial score (nSPS) is 13.6. The van der Waals surface area contributed by atoms with Gasteiger partial charge in [-0.2, -0.15) is 0 Å². The molecule has 1 atom stereocenters. The first-order chi connectivity index (χ1) is 8.66. The molecule has 0 bridgehead atoms. The second kappa shape index (κ2) is 4.43. The summed E-state index contributed by atoms with van der Waals surface area (Å²) in [5.74, 6) is 0.570. The van der Waals surface area contributed by atoms with Crippen LogP contribution in [-0.4, -0.2) is 0 Å². The molecule has 0 fully saturated rings. The van der Waals surface area contributed by atoms with E-state index in [1.165, 1.54) is 16.3 Å². The SMILES string of the molecule is CC(C)C(Br)c1ccc2oc3ccccc3c2c1. The molecule has 0 radical (unpaired) electrons. The van der Waals surface area contributed by atoms with Crippen LogP contribution in [0.2, 0.25) is 0 Å². The molecule has 0 aliphatic heterocycles. The van der Waals surface area contributed by atoms with Crippen LogP contribution in [0, 0.1) is 5.92 Å². The fraction of sp³-hybridized carbons (Fsp3) is 0.250. The minimum atomic E-state index is 0.385. The van der Waals surface area contributed by atoms with Crippen molar-refractivity contribution < 1.29 is 4.42 Å². The van der Waals surface area contributed by atoms with Crippen LogP contribution >= 0.6 is 15.9 Å². The summed E-state index contributed by atoms with van der Waals surface area (Å²) in [6.45, 7) is 4.44. The van der Waals surface area contributed by atoms with Crippen LogP contribution in [0.1, 0.15) is 24.2 Å². The molecule has 0 aliphatic carbocycles. The number of benzene rings is 2. The number of hydrogen-bond donors (Lipinski definition) is 0. The number of hydrogen-bond acceptors (Lipinski definition) is 1. The second-order valence-electron chi connectivity index (χ2n) is 5.00. The van der Waals surface area contributed by atoms with Crippen LogP contribution in [0.4, 0.5) is 0 Å². The Labute approximate surface area is 115 Å². The molecule has 1 unspecified atom stereocenters. The van der Waals surface area contributed by atoms with Crippen molar-refractivity contribution >= 4 is 37.9 Å². The summed E-state index contributed by atoms with van der Waals surface area (Å²) in [6.07, 6.45) is 0. The number of furan rings is 1. The fourth-order valence-corrected chi connectivity index (χ4v) is 2.58. The van der Waals surface area contributed by atoms with Crippen LogP contribution in [0.25, 0.3) is 21.9 Å². The average Bonchev–Trinajstić information content (AvgIpc) is 2.75. The summed E-state index contributed by atoms with van der Waals surface area (Å²) < 4.78 is 5.83. The molecule has 0 N–H and O–H groups in total. The van der Waals surface area contributed by atoms with E-state index in [4.69, 9.17) is 4.42 Å². The Balaban J connectivity index is 2.24. The Morgan fingerprint density at radius 3 is 2.44 bits per heavy atom. The van der Waals surface area contributed by atoms with Crippen LogP contribution in [0.3, 0.4) is 0 Å². The first-order valence-electron chi connectivity index (χ1n) is 6.22. The largest absolute Gasteiger partial charge is 0.456 e. The van der Waals surface area contributed by atoms with Crippen LogP contribution in [-0.2, 0) is 0 Å². The summed E-state index contributed by atoms with van der Waals surface area (Å²) >= 11 is 3.76. The van der Waals surface area contributed by atoms with Gasteiger partial charge in [0, 0.05) is 15.6 Å². The summed E-state index contributed by atoms with van der Waals surface area (Å²) in [4.78, 5) is 0.385. The van der Waals surface area contributed by atoms with E-state index in [0.717, 1.165) is 11.2 Å². The minimum absolute atomic E-state index is 0.385. The van der Waals surface area contributed by atoms with Gasteiger partial charge in [-0.3, -0.25) is 0 Å². The number of rotatable bonds is 2. The maximum absolute atomic E-state index is 5.83. The Morgan fingerprint density at radius 1 is 0.944 bits per heavy atom. The molecule has 18 heavy (non-hydrogen) atoms. The first-order valence-corrected chi connectivity index (χ1v) is 7.13. The number of fused-ring (bicyclic) bond motifs is 3. The van der Waals surface area contributed by atoms with Gasteiger partial charge in [-0.1, -0.05) is 54.0 Å². The van der Waals surface area contributed by atoms with Crippen molar-refractivity contribution in [1.82, 2.24) is 0 Å². The highest BCUT2D eigenvalue weighted by Crippen LogP contribution is 2.35. The maximum Gasteiger partial charge on any atom is 0.135 e. The molecule has 0 aliphatic rings. The Kier molecular flexibility index (Phi) is 2.90. The molecule has 3 aromatic rings. The number of alkyl halides is 1. The van der Waals surface area contributed by atoms with Crippen molar-refractivity contribution in [3.05, 3.63) is 48.0 Å². The van der Waals surface area contributed by atoms with Gasteiger partial charge in [-0.05, 0) is 29.7 Å². The van der Waals surface area contributed by atoms with Crippen LogP contribution in [0.15, 0.2) is 46.9 Å². The van der Waals surface area contributed by atoms with E-state index < -0.39 is 0 Å². The molecule has 0 saturated heterocycles. The predicted molar refractivity (Wildman–Crippen MR) is 80.2 cm³/mol. The molecule has 0 saturated carbocycles. The van der Waals surface area contributed by atoms with Crippen molar-refractivity contribution in [3.63, 3.8) is 0 Å². The lowest BCUT2D eigenvalue weighted by Crippen LogP contribution is -1.97. The molecule has 1 nitrogen and oxygen atoms in total. The molecule has 2 heteroatoms. The van der Waals surface area contributed by atoms with E-state index in [0.29, 0.717) is 10.7 Å². The molecule has 3 rings (SSSR count). The highest BCUT2D eigenvalue weighted by Gasteiger charge is 2.14. The number of para-hydroxylation sites is 1. The monoisotopic (exact) mass is 302 g/mol. The Morgan fingerprint density at radius 2 is 1.67 bits per heavy atom. The van der Waals surface area contributed by atoms with Gasteiger partial charge >= 0.3 is 0 Å². The maximum atomic E-state index is 5.83. The summed E-state index contributed by atoms with van der Waals surface area (Å²) in [6, 6.07) is 14.6. The summed E-state index contributed by atoms with van der Waals surface area (Å²) in [5, 5.41) is 2.39. The zero-order chi connectivity index (χ0) is 12.7. The smallest absolute Gasteiger partial charge is 0.135 e. The predicted octanol–water partition coefficient (Wildman–Crippen LogP) is 5.68. The lowest BCUT2D eigenvalue weighted by molar-refractivity contribution is 0.640. The van der Waals surface area contributed by atoms with E-state index in [1.807, 2.05) is 12.1 Å². The van der Waals surface area contributed by atoms with Crippen molar-refractivity contribution in [2.45, 2.75) is 18.7 Å². The molecule has 1 aromatic heterocycles. The molecule has 2 aromatic carbocycles. The highest BCUT2D eigenvalue weighted by molar-refractivity contribution is 9.09. The number of halogens is 1.